The molecular formula is C17H21N5O. The summed E-state index contributed by atoms with van der Waals surface area (Å²) in [6.07, 6.45) is 3.81. The molecule has 0 bridgehead atoms. The average molecular weight is 311 g/mol. The zero-order valence-corrected chi connectivity index (χ0v) is 13.5. The number of aromatic nitrogens is 4. The molecule has 0 saturated heterocycles. The lowest BCUT2D eigenvalue weighted by Crippen LogP contribution is -2.24. The molecule has 3 rings (SSSR count). The van der Waals surface area contributed by atoms with Crippen LogP contribution >= 0.6 is 0 Å². The maximum absolute atomic E-state index is 12.7. The highest BCUT2D eigenvalue weighted by Crippen LogP contribution is 2.12. The Morgan fingerprint density at radius 3 is 2.74 bits per heavy atom. The zero-order chi connectivity index (χ0) is 16.2. The van der Waals surface area contributed by atoms with Gasteiger partial charge in [-0.25, -0.2) is 4.98 Å². The van der Waals surface area contributed by atoms with Crippen molar-refractivity contribution in [1.82, 2.24) is 19.1 Å². The zero-order valence-electron chi connectivity index (χ0n) is 13.5. The molecule has 0 saturated carbocycles. The van der Waals surface area contributed by atoms with Gasteiger partial charge >= 0.3 is 0 Å². The topological polar surface area (TPSA) is 64.7 Å². The normalized spacial score (nSPS) is 11.0. The second-order valence-electron chi connectivity index (χ2n) is 5.61. The first-order valence-corrected chi connectivity index (χ1v) is 7.90. The lowest BCUT2D eigenvalue weighted by Gasteiger charge is -2.10. The van der Waals surface area contributed by atoms with E-state index in [4.69, 9.17) is 0 Å². The van der Waals surface area contributed by atoms with Crippen molar-refractivity contribution < 1.29 is 0 Å². The van der Waals surface area contributed by atoms with Gasteiger partial charge in [-0.15, -0.1) is 0 Å². The van der Waals surface area contributed by atoms with Gasteiger partial charge in [0.05, 0.1) is 6.33 Å². The first-order valence-electron chi connectivity index (χ1n) is 7.90. The minimum absolute atomic E-state index is 0.0811. The van der Waals surface area contributed by atoms with E-state index in [2.05, 4.69) is 22.2 Å². The van der Waals surface area contributed by atoms with Crippen molar-refractivity contribution in [2.75, 3.05) is 11.9 Å². The number of imidazole rings is 1. The summed E-state index contributed by atoms with van der Waals surface area (Å²) < 4.78 is 3.41. The van der Waals surface area contributed by atoms with E-state index in [9.17, 15) is 4.79 Å². The molecule has 6 heteroatoms. The fourth-order valence-corrected chi connectivity index (χ4v) is 2.54. The van der Waals surface area contributed by atoms with Crippen molar-refractivity contribution >= 4 is 17.1 Å². The third-order valence-corrected chi connectivity index (χ3v) is 3.86. The van der Waals surface area contributed by atoms with Gasteiger partial charge in [0.15, 0.2) is 11.2 Å². The maximum Gasteiger partial charge on any atom is 0.280 e. The maximum atomic E-state index is 12.7. The smallest absolute Gasteiger partial charge is 0.280 e. The van der Waals surface area contributed by atoms with Crippen LogP contribution in [0, 0.1) is 0 Å². The Labute approximate surface area is 134 Å². The van der Waals surface area contributed by atoms with Crippen molar-refractivity contribution in [3.05, 3.63) is 52.6 Å². The van der Waals surface area contributed by atoms with Crippen molar-refractivity contribution in [1.29, 1.82) is 0 Å². The number of benzene rings is 1. The van der Waals surface area contributed by atoms with Crippen molar-refractivity contribution in [3.8, 4) is 0 Å². The minimum Gasteiger partial charge on any atom is -0.356 e. The SMILES string of the molecule is CCCCNc1nc2ncn(Cc3ccccc3)c2c(=O)n1C. The van der Waals surface area contributed by atoms with Gasteiger partial charge in [0.1, 0.15) is 0 Å². The Bertz CT molecular complexity index is 851. The Balaban J connectivity index is 1.97. The minimum atomic E-state index is -0.0811. The number of fused-ring (bicyclic) bond motifs is 1. The predicted molar refractivity (Wildman–Crippen MR) is 91.7 cm³/mol. The van der Waals surface area contributed by atoms with Gasteiger partial charge in [0.2, 0.25) is 5.95 Å². The fraction of sp³-hybridized carbons (Fsp3) is 0.353. The lowest BCUT2D eigenvalue weighted by molar-refractivity contribution is 0.778. The van der Waals surface area contributed by atoms with E-state index in [0.717, 1.165) is 24.9 Å². The van der Waals surface area contributed by atoms with Crippen LogP contribution in [0.3, 0.4) is 0 Å². The molecule has 0 unspecified atom stereocenters. The molecule has 0 amide bonds. The molecule has 0 aliphatic rings. The van der Waals surface area contributed by atoms with Crippen LogP contribution in [0.15, 0.2) is 41.5 Å². The molecule has 1 aromatic carbocycles. The summed E-state index contributed by atoms with van der Waals surface area (Å²) in [5, 5.41) is 3.21. The largest absolute Gasteiger partial charge is 0.356 e. The molecule has 0 aliphatic carbocycles. The Kier molecular flexibility index (Phi) is 4.41. The molecule has 6 nitrogen and oxygen atoms in total. The molecule has 0 atom stereocenters. The molecule has 120 valence electrons. The van der Waals surface area contributed by atoms with E-state index in [-0.39, 0.29) is 5.56 Å². The number of rotatable bonds is 6. The quantitative estimate of drug-likeness (QED) is 0.710. The Morgan fingerprint density at radius 1 is 1.22 bits per heavy atom. The molecule has 0 fully saturated rings. The molecule has 2 heterocycles. The number of hydrogen-bond acceptors (Lipinski definition) is 4. The monoisotopic (exact) mass is 311 g/mol. The third-order valence-electron chi connectivity index (χ3n) is 3.86. The number of hydrogen-bond donors (Lipinski definition) is 1. The van der Waals surface area contributed by atoms with E-state index in [1.807, 2.05) is 34.9 Å². The third kappa shape index (κ3) is 3.11. The van der Waals surface area contributed by atoms with Crippen molar-refractivity contribution in [3.63, 3.8) is 0 Å². The number of nitrogens with zero attached hydrogens (tertiary/aromatic N) is 4. The summed E-state index contributed by atoms with van der Waals surface area (Å²) in [5.74, 6) is 0.570. The van der Waals surface area contributed by atoms with Crippen molar-refractivity contribution in [2.24, 2.45) is 7.05 Å². The summed E-state index contributed by atoms with van der Waals surface area (Å²) >= 11 is 0. The van der Waals surface area contributed by atoms with Crippen LogP contribution in [0.4, 0.5) is 5.95 Å². The van der Waals surface area contributed by atoms with Crippen LogP contribution in [-0.4, -0.2) is 25.6 Å². The highest BCUT2D eigenvalue weighted by Gasteiger charge is 2.13. The molecule has 0 radical (unpaired) electrons. The van der Waals surface area contributed by atoms with Crippen LogP contribution in [0.2, 0.25) is 0 Å². The number of anilines is 1. The van der Waals surface area contributed by atoms with E-state index >= 15 is 0 Å². The van der Waals surface area contributed by atoms with Gasteiger partial charge in [-0.1, -0.05) is 43.7 Å². The van der Waals surface area contributed by atoms with Crippen LogP contribution in [0.5, 0.6) is 0 Å². The van der Waals surface area contributed by atoms with Gasteiger partial charge in [-0.2, -0.15) is 4.98 Å². The highest BCUT2D eigenvalue weighted by molar-refractivity contribution is 5.71. The van der Waals surface area contributed by atoms with Gasteiger partial charge in [-0.3, -0.25) is 9.36 Å². The van der Waals surface area contributed by atoms with E-state index in [0.29, 0.717) is 23.7 Å². The van der Waals surface area contributed by atoms with Crippen LogP contribution in [0.1, 0.15) is 25.3 Å². The lowest BCUT2D eigenvalue weighted by atomic mass is 10.2. The second kappa shape index (κ2) is 6.64. The predicted octanol–water partition coefficient (Wildman–Crippen LogP) is 2.39. The standard InChI is InChI=1S/C17H21N5O/c1-3-4-10-18-17-20-15-14(16(23)21(17)2)22(12-19-15)11-13-8-6-5-7-9-13/h5-9,12H,3-4,10-11H2,1-2H3,(H,18,20). The summed E-state index contributed by atoms with van der Waals surface area (Å²) in [5.41, 5.74) is 2.07. The first-order chi connectivity index (χ1) is 11.2. The second-order valence-corrected chi connectivity index (χ2v) is 5.61. The van der Waals surface area contributed by atoms with Gasteiger partial charge in [0, 0.05) is 20.1 Å². The summed E-state index contributed by atoms with van der Waals surface area (Å²) in [6.45, 7) is 3.53. The fourth-order valence-electron chi connectivity index (χ4n) is 2.54. The molecule has 0 aliphatic heterocycles. The van der Waals surface area contributed by atoms with Crippen LogP contribution in [0.25, 0.3) is 11.2 Å². The van der Waals surface area contributed by atoms with Crippen LogP contribution in [-0.2, 0) is 13.6 Å². The first kappa shape index (κ1) is 15.3. The Morgan fingerprint density at radius 2 is 2.00 bits per heavy atom. The number of nitrogens with one attached hydrogen (secondary N) is 1. The van der Waals surface area contributed by atoms with Gasteiger partial charge < -0.3 is 9.88 Å². The average Bonchev–Trinajstić information content (AvgIpc) is 2.96. The molecule has 0 spiro atoms. The van der Waals surface area contributed by atoms with Crippen LogP contribution < -0.4 is 10.9 Å². The van der Waals surface area contributed by atoms with Gasteiger partial charge in [0.25, 0.3) is 5.56 Å². The summed E-state index contributed by atoms with van der Waals surface area (Å²) in [7, 11) is 1.74. The highest BCUT2D eigenvalue weighted by atomic mass is 16.1. The molecule has 2 aromatic heterocycles. The summed E-state index contributed by atoms with van der Waals surface area (Å²) in [4.78, 5) is 21.5. The molecule has 1 N–H and O–H groups in total. The summed E-state index contributed by atoms with van der Waals surface area (Å²) in [6, 6.07) is 10.0. The molecule has 3 aromatic rings. The Hall–Kier alpha value is -2.63. The van der Waals surface area contributed by atoms with E-state index in [1.165, 1.54) is 0 Å². The van der Waals surface area contributed by atoms with E-state index < -0.39 is 0 Å². The van der Waals surface area contributed by atoms with E-state index in [1.54, 1.807) is 17.9 Å². The van der Waals surface area contributed by atoms with Gasteiger partial charge in [-0.05, 0) is 12.0 Å². The molecule has 23 heavy (non-hydrogen) atoms. The molecular weight excluding hydrogens is 290 g/mol. The number of unbranched alkanes of at least 4 members (excludes halogenated alkanes) is 1. The van der Waals surface area contributed by atoms with Crippen molar-refractivity contribution in [2.45, 2.75) is 26.3 Å².